The largest absolute Gasteiger partial charge is 0.354 e. The molecule has 0 amide bonds. The SMILES string of the molecule is CC(CCn1cccc1)CCn1cccc1. The fourth-order valence-electron chi connectivity index (χ4n) is 1.92. The van der Waals surface area contributed by atoms with Crippen molar-refractivity contribution >= 4 is 0 Å². The van der Waals surface area contributed by atoms with Gasteiger partial charge in [-0.1, -0.05) is 6.92 Å². The van der Waals surface area contributed by atoms with Gasteiger partial charge in [0.15, 0.2) is 0 Å². The third-order valence-electron chi connectivity index (χ3n) is 3.09. The van der Waals surface area contributed by atoms with Gasteiger partial charge >= 0.3 is 0 Å². The standard InChI is InChI=1S/C14H20N2/c1-14(6-12-15-8-2-3-9-15)7-13-16-10-4-5-11-16/h2-5,8-11,14H,6-7,12-13H2,1H3. The van der Waals surface area contributed by atoms with Crippen molar-refractivity contribution in [3.05, 3.63) is 49.1 Å². The lowest BCUT2D eigenvalue weighted by Gasteiger charge is -2.12. The van der Waals surface area contributed by atoms with Crippen LogP contribution in [-0.4, -0.2) is 9.13 Å². The predicted molar refractivity (Wildman–Crippen MR) is 67.3 cm³/mol. The summed E-state index contributed by atoms with van der Waals surface area (Å²) in [5.74, 6) is 0.782. The Morgan fingerprint density at radius 3 is 1.50 bits per heavy atom. The Morgan fingerprint density at radius 1 is 0.750 bits per heavy atom. The van der Waals surface area contributed by atoms with Gasteiger partial charge in [0.2, 0.25) is 0 Å². The van der Waals surface area contributed by atoms with E-state index in [0.717, 1.165) is 19.0 Å². The summed E-state index contributed by atoms with van der Waals surface area (Å²) in [7, 11) is 0. The molecule has 0 N–H and O–H groups in total. The molecular formula is C14H20N2. The minimum atomic E-state index is 0.782. The summed E-state index contributed by atoms with van der Waals surface area (Å²) in [4.78, 5) is 0. The summed E-state index contributed by atoms with van der Waals surface area (Å²) in [5.41, 5.74) is 0. The highest BCUT2D eigenvalue weighted by Gasteiger charge is 2.02. The predicted octanol–water partition coefficient (Wildman–Crippen LogP) is 3.41. The molecule has 16 heavy (non-hydrogen) atoms. The number of rotatable bonds is 6. The molecule has 2 heteroatoms. The maximum absolute atomic E-state index is 2.34. The third kappa shape index (κ3) is 3.30. The minimum Gasteiger partial charge on any atom is -0.354 e. The lowest BCUT2D eigenvalue weighted by atomic mass is 10.0. The zero-order chi connectivity index (χ0) is 11.2. The Labute approximate surface area is 97.5 Å². The molecule has 0 unspecified atom stereocenters. The maximum Gasteiger partial charge on any atom is 0.0222 e. The van der Waals surface area contributed by atoms with E-state index < -0.39 is 0 Å². The summed E-state index contributed by atoms with van der Waals surface area (Å²) in [6.45, 7) is 4.62. The van der Waals surface area contributed by atoms with Gasteiger partial charge in [0.1, 0.15) is 0 Å². The quantitative estimate of drug-likeness (QED) is 0.700. The number of nitrogens with zero attached hydrogens (tertiary/aromatic N) is 2. The Morgan fingerprint density at radius 2 is 1.12 bits per heavy atom. The molecule has 0 spiro atoms. The van der Waals surface area contributed by atoms with Crippen LogP contribution >= 0.6 is 0 Å². The highest BCUT2D eigenvalue weighted by atomic mass is 14.9. The zero-order valence-corrected chi connectivity index (χ0v) is 9.92. The van der Waals surface area contributed by atoms with Crippen LogP contribution in [0.1, 0.15) is 19.8 Å². The molecule has 2 heterocycles. The molecule has 0 atom stereocenters. The van der Waals surface area contributed by atoms with E-state index in [0.29, 0.717) is 0 Å². The second-order valence-corrected chi connectivity index (χ2v) is 4.52. The second-order valence-electron chi connectivity index (χ2n) is 4.52. The molecule has 86 valence electrons. The second kappa shape index (κ2) is 5.59. The van der Waals surface area contributed by atoms with Gasteiger partial charge in [0.05, 0.1) is 0 Å². The first-order valence-corrected chi connectivity index (χ1v) is 6.06. The van der Waals surface area contributed by atoms with Crippen LogP contribution in [0.2, 0.25) is 0 Å². The van der Waals surface area contributed by atoms with Gasteiger partial charge in [0.25, 0.3) is 0 Å². The van der Waals surface area contributed by atoms with Gasteiger partial charge in [-0.2, -0.15) is 0 Å². The van der Waals surface area contributed by atoms with Crippen molar-refractivity contribution < 1.29 is 0 Å². The zero-order valence-electron chi connectivity index (χ0n) is 9.92. The van der Waals surface area contributed by atoms with Crippen molar-refractivity contribution in [1.82, 2.24) is 9.13 Å². The third-order valence-corrected chi connectivity index (χ3v) is 3.09. The molecule has 2 nitrogen and oxygen atoms in total. The van der Waals surface area contributed by atoms with Crippen molar-refractivity contribution in [1.29, 1.82) is 0 Å². The van der Waals surface area contributed by atoms with Crippen LogP contribution in [0.25, 0.3) is 0 Å². The topological polar surface area (TPSA) is 9.86 Å². The Hall–Kier alpha value is -1.44. The molecule has 0 saturated heterocycles. The monoisotopic (exact) mass is 216 g/mol. The van der Waals surface area contributed by atoms with E-state index >= 15 is 0 Å². The fraction of sp³-hybridized carbons (Fsp3) is 0.429. The van der Waals surface area contributed by atoms with E-state index in [9.17, 15) is 0 Å². The maximum atomic E-state index is 2.34. The molecule has 2 rings (SSSR count). The van der Waals surface area contributed by atoms with E-state index in [4.69, 9.17) is 0 Å². The lowest BCUT2D eigenvalue weighted by molar-refractivity contribution is 0.424. The van der Waals surface area contributed by atoms with E-state index in [1.54, 1.807) is 0 Å². The first-order valence-electron chi connectivity index (χ1n) is 6.06. The number of aryl methyl sites for hydroxylation is 2. The smallest absolute Gasteiger partial charge is 0.0222 e. The van der Waals surface area contributed by atoms with Crippen LogP contribution < -0.4 is 0 Å². The Bertz CT molecular complexity index is 335. The Kier molecular flexibility index (Phi) is 3.86. The van der Waals surface area contributed by atoms with Gasteiger partial charge < -0.3 is 9.13 Å². The van der Waals surface area contributed by atoms with E-state index in [1.165, 1.54) is 12.8 Å². The van der Waals surface area contributed by atoms with Crippen LogP contribution in [0.4, 0.5) is 0 Å². The molecule has 0 aliphatic rings. The number of aromatic nitrogens is 2. The summed E-state index contributed by atoms with van der Waals surface area (Å²) in [6, 6.07) is 8.35. The first kappa shape index (κ1) is 11.1. The minimum absolute atomic E-state index is 0.782. The molecule has 0 fully saturated rings. The van der Waals surface area contributed by atoms with Gasteiger partial charge in [-0.3, -0.25) is 0 Å². The molecular weight excluding hydrogens is 196 g/mol. The average molecular weight is 216 g/mol. The van der Waals surface area contributed by atoms with Crippen LogP contribution in [0, 0.1) is 5.92 Å². The summed E-state index contributed by atoms with van der Waals surface area (Å²) >= 11 is 0. The molecule has 2 aromatic rings. The summed E-state index contributed by atoms with van der Waals surface area (Å²) in [5, 5.41) is 0. The molecule has 0 radical (unpaired) electrons. The normalized spacial score (nSPS) is 11.1. The first-order chi connectivity index (χ1) is 7.84. The summed E-state index contributed by atoms with van der Waals surface area (Å²) < 4.78 is 4.51. The summed E-state index contributed by atoms with van der Waals surface area (Å²) in [6.07, 6.45) is 11.1. The van der Waals surface area contributed by atoms with Crippen molar-refractivity contribution in [2.75, 3.05) is 0 Å². The van der Waals surface area contributed by atoms with Gasteiger partial charge in [0, 0.05) is 37.9 Å². The van der Waals surface area contributed by atoms with Crippen molar-refractivity contribution in [2.45, 2.75) is 32.9 Å². The number of hydrogen-bond donors (Lipinski definition) is 0. The number of hydrogen-bond acceptors (Lipinski definition) is 0. The van der Waals surface area contributed by atoms with Crippen LogP contribution in [0.3, 0.4) is 0 Å². The fourth-order valence-corrected chi connectivity index (χ4v) is 1.92. The van der Waals surface area contributed by atoms with Crippen molar-refractivity contribution in [2.24, 2.45) is 5.92 Å². The molecule has 0 aliphatic heterocycles. The van der Waals surface area contributed by atoms with E-state index in [1.807, 2.05) is 0 Å². The molecule has 0 aromatic carbocycles. The molecule has 0 bridgehead atoms. The van der Waals surface area contributed by atoms with Gasteiger partial charge in [-0.05, 0) is 43.0 Å². The van der Waals surface area contributed by atoms with Crippen LogP contribution in [0.15, 0.2) is 49.1 Å². The highest BCUT2D eigenvalue weighted by Crippen LogP contribution is 2.11. The average Bonchev–Trinajstić information content (AvgIpc) is 2.96. The van der Waals surface area contributed by atoms with E-state index in [-0.39, 0.29) is 0 Å². The van der Waals surface area contributed by atoms with Crippen LogP contribution in [-0.2, 0) is 13.1 Å². The molecule has 0 aliphatic carbocycles. The van der Waals surface area contributed by atoms with Gasteiger partial charge in [-0.25, -0.2) is 0 Å². The Balaban J connectivity index is 1.66. The highest BCUT2D eigenvalue weighted by molar-refractivity contribution is 4.91. The lowest BCUT2D eigenvalue weighted by Crippen LogP contribution is -2.05. The van der Waals surface area contributed by atoms with Crippen molar-refractivity contribution in [3.8, 4) is 0 Å². The molecule has 0 saturated carbocycles. The van der Waals surface area contributed by atoms with Crippen molar-refractivity contribution in [3.63, 3.8) is 0 Å². The van der Waals surface area contributed by atoms with Gasteiger partial charge in [-0.15, -0.1) is 0 Å². The molecule has 2 aromatic heterocycles. The van der Waals surface area contributed by atoms with Crippen LogP contribution in [0.5, 0.6) is 0 Å². The van der Waals surface area contributed by atoms with E-state index in [2.05, 4.69) is 65.1 Å².